The van der Waals surface area contributed by atoms with Gasteiger partial charge in [-0.05, 0) is 31.5 Å². The third-order valence-electron chi connectivity index (χ3n) is 3.30. The summed E-state index contributed by atoms with van der Waals surface area (Å²) in [5.41, 5.74) is 2.89. The molecule has 21 heavy (non-hydrogen) atoms. The van der Waals surface area contributed by atoms with Crippen LogP contribution in [0.15, 0.2) is 23.6 Å². The number of anilines is 1. The molecule has 2 N–H and O–H groups in total. The average molecular weight is 303 g/mol. The van der Waals surface area contributed by atoms with Crippen LogP contribution in [0.1, 0.15) is 29.2 Å². The van der Waals surface area contributed by atoms with E-state index in [-0.39, 0.29) is 18.6 Å². The molecule has 1 aromatic carbocycles. The lowest BCUT2D eigenvalue weighted by Gasteiger charge is -2.19. The number of nitrogens with zero attached hydrogens (tertiary/aromatic N) is 1. The van der Waals surface area contributed by atoms with Crippen LogP contribution in [0.4, 0.5) is 5.69 Å². The number of aromatic nitrogens is 1. The van der Waals surface area contributed by atoms with Crippen LogP contribution in [-0.2, 0) is 11.3 Å². The molecule has 1 aromatic heterocycles. The van der Waals surface area contributed by atoms with Gasteiger partial charge in [-0.15, -0.1) is 11.3 Å². The molecule has 3 rings (SSSR count). The number of carbonyl (C=O) groups is 1. The van der Waals surface area contributed by atoms with E-state index in [4.69, 9.17) is 4.74 Å². The van der Waals surface area contributed by atoms with Gasteiger partial charge in [-0.25, -0.2) is 4.98 Å². The molecule has 110 valence electrons. The number of thiazole rings is 1. The van der Waals surface area contributed by atoms with Crippen molar-refractivity contribution in [1.82, 2.24) is 10.3 Å². The van der Waals surface area contributed by atoms with Crippen LogP contribution in [0.2, 0.25) is 0 Å². The molecular weight excluding hydrogens is 286 g/mol. The van der Waals surface area contributed by atoms with Crippen molar-refractivity contribution in [3.63, 3.8) is 0 Å². The molecule has 2 aromatic rings. The second-order valence-corrected chi connectivity index (χ2v) is 5.99. The summed E-state index contributed by atoms with van der Waals surface area (Å²) in [6.07, 6.45) is 0. The topological polar surface area (TPSA) is 63.2 Å². The van der Waals surface area contributed by atoms with E-state index in [9.17, 15) is 4.79 Å². The molecule has 5 nitrogen and oxygen atoms in total. The number of hydrogen-bond acceptors (Lipinski definition) is 5. The fraction of sp³-hybridized carbons (Fsp3) is 0.333. The predicted molar refractivity (Wildman–Crippen MR) is 82.7 cm³/mol. The fourth-order valence-electron chi connectivity index (χ4n) is 2.17. The smallest absolute Gasteiger partial charge is 0.262 e. The largest absolute Gasteiger partial charge is 0.482 e. The Hall–Kier alpha value is -1.92. The molecule has 1 unspecified atom stereocenters. The third-order valence-corrected chi connectivity index (χ3v) is 4.44. The van der Waals surface area contributed by atoms with E-state index in [1.165, 1.54) is 0 Å². The summed E-state index contributed by atoms with van der Waals surface area (Å²) >= 11 is 1.67. The summed E-state index contributed by atoms with van der Waals surface area (Å²) in [4.78, 5) is 15.8. The van der Waals surface area contributed by atoms with Gasteiger partial charge in [0.1, 0.15) is 10.8 Å². The van der Waals surface area contributed by atoms with Gasteiger partial charge in [-0.2, -0.15) is 0 Å². The monoisotopic (exact) mass is 303 g/mol. The van der Waals surface area contributed by atoms with Gasteiger partial charge in [0.15, 0.2) is 6.61 Å². The number of rotatable bonds is 4. The van der Waals surface area contributed by atoms with Crippen LogP contribution in [0.3, 0.4) is 0 Å². The standard InChI is InChI=1S/C15H17N3O2S/c1-9-8-21-15(17-9)10(2)16-6-11-3-4-13-12(5-11)18-14(19)7-20-13/h3-5,8,10,16H,6-7H2,1-2H3,(H,18,19). The van der Waals surface area contributed by atoms with Crippen LogP contribution < -0.4 is 15.4 Å². The summed E-state index contributed by atoms with van der Waals surface area (Å²) < 4.78 is 5.35. The minimum Gasteiger partial charge on any atom is -0.482 e. The molecule has 0 saturated carbocycles. The van der Waals surface area contributed by atoms with Crippen LogP contribution in [0.5, 0.6) is 5.75 Å². The number of ether oxygens (including phenoxy) is 1. The molecule has 1 aliphatic rings. The summed E-state index contributed by atoms with van der Waals surface area (Å²) in [7, 11) is 0. The van der Waals surface area contributed by atoms with E-state index in [1.54, 1.807) is 11.3 Å². The Balaban J connectivity index is 1.65. The first-order valence-electron chi connectivity index (χ1n) is 6.83. The van der Waals surface area contributed by atoms with Gasteiger partial charge in [0.25, 0.3) is 5.91 Å². The number of hydrogen-bond donors (Lipinski definition) is 2. The van der Waals surface area contributed by atoms with Crippen LogP contribution in [0, 0.1) is 6.92 Å². The first-order chi connectivity index (χ1) is 10.1. The molecule has 0 radical (unpaired) electrons. The Morgan fingerprint density at radius 3 is 3.14 bits per heavy atom. The summed E-state index contributed by atoms with van der Waals surface area (Å²) in [6, 6.07) is 6.04. The lowest BCUT2D eigenvalue weighted by atomic mass is 10.1. The van der Waals surface area contributed by atoms with Gasteiger partial charge >= 0.3 is 0 Å². The third kappa shape index (κ3) is 3.22. The number of amides is 1. The van der Waals surface area contributed by atoms with Gasteiger partial charge in [0.2, 0.25) is 0 Å². The van der Waals surface area contributed by atoms with E-state index in [1.807, 2.05) is 25.1 Å². The Morgan fingerprint density at radius 2 is 2.38 bits per heavy atom. The van der Waals surface area contributed by atoms with Gasteiger partial charge in [-0.1, -0.05) is 6.07 Å². The van der Waals surface area contributed by atoms with E-state index in [2.05, 4.69) is 27.9 Å². The predicted octanol–water partition coefficient (Wildman–Crippen LogP) is 2.63. The summed E-state index contributed by atoms with van der Waals surface area (Å²) in [5.74, 6) is 0.612. The van der Waals surface area contributed by atoms with Crippen LogP contribution in [0.25, 0.3) is 0 Å². The van der Waals surface area contributed by atoms with Gasteiger partial charge in [0.05, 0.1) is 11.7 Å². The zero-order valence-corrected chi connectivity index (χ0v) is 12.8. The molecule has 0 bridgehead atoms. The number of benzene rings is 1. The fourth-order valence-corrected chi connectivity index (χ4v) is 3.00. The van der Waals surface area contributed by atoms with Crippen molar-refractivity contribution in [2.24, 2.45) is 0 Å². The van der Waals surface area contributed by atoms with Crippen molar-refractivity contribution in [2.45, 2.75) is 26.4 Å². The minimum absolute atomic E-state index is 0.0883. The lowest BCUT2D eigenvalue weighted by Crippen LogP contribution is -2.25. The van der Waals surface area contributed by atoms with E-state index < -0.39 is 0 Å². The van der Waals surface area contributed by atoms with Crippen LogP contribution >= 0.6 is 11.3 Å². The van der Waals surface area contributed by atoms with Crippen LogP contribution in [-0.4, -0.2) is 17.5 Å². The first-order valence-corrected chi connectivity index (χ1v) is 7.71. The maximum atomic E-state index is 11.3. The van der Waals surface area contributed by atoms with E-state index >= 15 is 0 Å². The Bertz CT molecular complexity index is 669. The Kier molecular flexibility index (Phi) is 3.90. The van der Waals surface area contributed by atoms with Crippen molar-refractivity contribution in [1.29, 1.82) is 0 Å². The number of aryl methyl sites for hydroxylation is 1. The molecule has 2 heterocycles. The Labute approximate surface area is 127 Å². The molecule has 0 fully saturated rings. The minimum atomic E-state index is -0.112. The number of fused-ring (bicyclic) bond motifs is 1. The Morgan fingerprint density at radius 1 is 1.52 bits per heavy atom. The van der Waals surface area contributed by atoms with Crippen molar-refractivity contribution in [3.05, 3.63) is 39.8 Å². The maximum Gasteiger partial charge on any atom is 0.262 e. The highest BCUT2D eigenvalue weighted by Gasteiger charge is 2.16. The van der Waals surface area contributed by atoms with Crippen molar-refractivity contribution < 1.29 is 9.53 Å². The van der Waals surface area contributed by atoms with Crippen molar-refractivity contribution in [3.8, 4) is 5.75 Å². The molecule has 0 saturated heterocycles. The zero-order valence-electron chi connectivity index (χ0n) is 12.0. The quantitative estimate of drug-likeness (QED) is 0.911. The SMILES string of the molecule is Cc1csc(C(C)NCc2ccc3c(c2)NC(=O)CO3)n1. The second-order valence-electron chi connectivity index (χ2n) is 5.10. The van der Waals surface area contributed by atoms with E-state index in [0.29, 0.717) is 6.54 Å². The number of carbonyl (C=O) groups excluding carboxylic acids is 1. The van der Waals surface area contributed by atoms with Gasteiger partial charge < -0.3 is 15.4 Å². The summed E-state index contributed by atoms with van der Waals surface area (Å²) in [6.45, 7) is 4.90. The molecule has 1 atom stereocenters. The van der Waals surface area contributed by atoms with Crippen molar-refractivity contribution in [2.75, 3.05) is 11.9 Å². The molecule has 0 spiro atoms. The van der Waals surface area contributed by atoms with Crippen molar-refractivity contribution >= 4 is 22.9 Å². The van der Waals surface area contributed by atoms with Gasteiger partial charge in [0, 0.05) is 17.6 Å². The molecule has 6 heteroatoms. The lowest BCUT2D eigenvalue weighted by molar-refractivity contribution is -0.118. The first kappa shape index (κ1) is 14.0. The normalized spacial score (nSPS) is 15.0. The zero-order chi connectivity index (χ0) is 14.8. The molecular formula is C15H17N3O2S. The maximum absolute atomic E-state index is 11.3. The molecule has 1 aliphatic heterocycles. The summed E-state index contributed by atoms with van der Waals surface area (Å²) in [5, 5.41) is 9.40. The highest BCUT2D eigenvalue weighted by Crippen LogP contribution is 2.28. The highest BCUT2D eigenvalue weighted by molar-refractivity contribution is 7.09. The van der Waals surface area contributed by atoms with Gasteiger partial charge in [-0.3, -0.25) is 4.79 Å². The average Bonchev–Trinajstić information content (AvgIpc) is 2.91. The molecule has 0 aliphatic carbocycles. The second kappa shape index (κ2) is 5.83. The van der Waals surface area contributed by atoms with E-state index in [0.717, 1.165) is 27.7 Å². The highest BCUT2D eigenvalue weighted by atomic mass is 32.1. The number of nitrogens with one attached hydrogen (secondary N) is 2. The molecule has 1 amide bonds.